The molecule has 2 aromatic heterocycles. The molecule has 0 amide bonds. The fourth-order valence-corrected chi connectivity index (χ4v) is 1.85. The first kappa shape index (κ1) is 9.63. The number of hydrogen-bond donors (Lipinski definition) is 0. The number of aryl methyl sites for hydroxylation is 1. The average molecular weight is 217 g/mol. The Morgan fingerprint density at radius 1 is 1.44 bits per heavy atom. The van der Waals surface area contributed by atoms with Crippen LogP contribution in [0, 0.1) is 13.8 Å². The summed E-state index contributed by atoms with van der Waals surface area (Å²) in [7, 11) is 0. The third-order valence-electron chi connectivity index (χ3n) is 3.24. The Labute approximate surface area is 94.3 Å². The van der Waals surface area contributed by atoms with Gasteiger partial charge in [0.25, 0.3) is 0 Å². The molecular formula is C12H15N3O. The molecular weight excluding hydrogens is 202 g/mol. The molecule has 0 bridgehead atoms. The number of hydrogen-bond acceptors (Lipinski definition) is 3. The SMILES string of the molecule is Cc1ncn(Cc2cc(C3CC3)no2)c1C. The molecule has 1 saturated carbocycles. The average Bonchev–Trinajstić information content (AvgIpc) is 2.96. The van der Waals surface area contributed by atoms with Crippen molar-refractivity contribution in [3.8, 4) is 0 Å². The summed E-state index contributed by atoms with van der Waals surface area (Å²) in [4.78, 5) is 4.27. The van der Waals surface area contributed by atoms with Gasteiger partial charge in [-0.25, -0.2) is 4.98 Å². The minimum atomic E-state index is 0.656. The lowest BCUT2D eigenvalue weighted by Crippen LogP contribution is -1.99. The Bertz CT molecular complexity index is 508. The summed E-state index contributed by atoms with van der Waals surface area (Å²) < 4.78 is 7.43. The molecule has 0 spiro atoms. The van der Waals surface area contributed by atoms with Gasteiger partial charge in [0.15, 0.2) is 5.76 Å². The van der Waals surface area contributed by atoms with Gasteiger partial charge in [0.2, 0.25) is 0 Å². The van der Waals surface area contributed by atoms with Crippen molar-refractivity contribution in [2.75, 3.05) is 0 Å². The molecule has 0 unspecified atom stereocenters. The number of rotatable bonds is 3. The van der Waals surface area contributed by atoms with Crippen LogP contribution in [0.1, 0.15) is 41.6 Å². The maximum Gasteiger partial charge on any atom is 0.156 e. The molecule has 0 atom stereocenters. The molecule has 16 heavy (non-hydrogen) atoms. The standard InChI is InChI=1S/C12H15N3O/c1-8-9(2)15(7-13-8)6-11-5-12(14-16-11)10-3-4-10/h5,7,10H,3-4,6H2,1-2H3. The Morgan fingerprint density at radius 3 is 2.88 bits per heavy atom. The predicted octanol–water partition coefficient (Wildman–Crippen LogP) is 2.41. The summed E-state index contributed by atoms with van der Waals surface area (Å²) in [6, 6.07) is 2.08. The van der Waals surface area contributed by atoms with Crippen molar-refractivity contribution in [2.24, 2.45) is 0 Å². The molecule has 2 aromatic rings. The van der Waals surface area contributed by atoms with E-state index in [1.807, 2.05) is 13.3 Å². The van der Waals surface area contributed by atoms with Crippen LogP contribution in [-0.2, 0) is 6.54 Å². The number of imidazole rings is 1. The van der Waals surface area contributed by atoms with E-state index in [1.54, 1.807) is 0 Å². The smallest absolute Gasteiger partial charge is 0.156 e. The van der Waals surface area contributed by atoms with Crippen molar-refractivity contribution in [3.63, 3.8) is 0 Å². The fraction of sp³-hybridized carbons (Fsp3) is 0.500. The first-order valence-electron chi connectivity index (χ1n) is 5.68. The van der Waals surface area contributed by atoms with Crippen LogP contribution in [0.4, 0.5) is 0 Å². The highest BCUT2D eigenvalue weighted by atomic mass is 16.5. The molecule has 0 N–H and O–H groups in total. The second-order valence-electron chi connectivity index (χ2n) is 4.54. The summed E-state index contributed by atoms with van der Waals surface area (Å²) in [5.74, 6) is 1.57. The van der Waals surface area contributed by atoms with Crippen molar-refractivity contribution < 1.29 is 4.52 Å². The first-order chi connectivity index (χ1) is 7.74. The molecule has 0 radical (unpaired) electrons. The zero-order valence-electron chi connectivity index (χ0n) is 9.60. The van der Waals surface area contributed by atoms with E-state index in [2.05, 4.69) is 27.7 Å². The van der Waals surface area contributed by atoms with Crippen LogP contribution < -0.4 is 0 Å². The zero-order valence-corrected chi connectivity index (χ0v) is 9.60. The van der Waals surface area contributed by atoms with Gasteiger partial charge in [0.05, 0.1) is 24.3 Å². The summed E-state index contributed by atoms with van der Waals surface area (Å²) in [5.41, 5.74) is 3.37. The molecule has 84 valence electrons. The molecule has 1 aliphatic carbocycles. The maximum atomic E-state index is 5.34. The van der Waals surface area contributed by atoms with E-state index in [-0.39, 0.29) is 0 Å². The molecule has 0 aromatic carbocycles. The topological polar surface area (TPSA) is 43.9 Å². The largest absolute Gasteiger partial charge is 0.359 e. The van der Waals surface area contributed by atoms with Crippen LogP contribution in [0.3, 0.4) is 0 Å². The van der Waals surface area contributed by atoms with Crippen molar-refractivity contribution >= 4 is 0 Å². The Kier molecular flexibility index (Phi) is 2.09. The van der Waals surface area contributed by atoms with Crippen LogP contribution in [0.2, 0.25) is 0 Å². The van der Waals surface area contributed by atoms with Crippen LogP contribution in [0.25, 0.3) is 0 Å². The van der Waals surface area contributed by atoms with Gasteiger partial charge >= 0.3 is 0 Å². The monoisotopic (exact) mass is 217 g/mol. The second kappa shape index (κ2) is 3.47. The summed E-state index contributed by atoms with van der Waals surface area (Å²) in [6.45, 7) is 4.81. The van der Waals surface area contributed by atoms with Crippen molar-refractivity contribution in [1.29, 1.82) is 0 Å². The number of nitrogens with zero attached hydrogens (tertiary/aromatic N) is 3. The van der Waals surface area contributed by atoms with Gasteiger partial charge < -0.3 is 9.09 Å². The third-order valence-corrected chi connectivity index (χ3v) is 3.24. The summed E-state index contributed by atoms with van der Waals surface area (Å²) in [6.07, 6.45) is 4.37. The normalized spacial score (nSPS) is 15.6. The molecule has 4 heteroatoms. The maximum absolute atomic E-state index is 5.34. The van der Waals surface area contributed by atoms with Crippen LogP contribution >= 0.6 is 0 Å². The molecule has 0 aliphatic heterocycles. The summed E-state index contributed by atoms with van der Waals surface area (Å²) in [5, 5.41) is 4.10. The highest BCUT2D eigenvalue weighted by Crippen LogP contribution is 2.39. The lowest BCUT2D eigenvalue weighted by atomic mass is 10.2. The third kappa shape index (κ3) is 1.64. The quantitative estimate of drug-likeness (QED) is 0.793. The lowest BCUT2D eigenvalue weighted by Gasteiger charge is -2.00. The lowest BCUT2D eigenvalue weighted by molar-refractivity contribution is 0.370. The van der Waals surface area contributed by atoms with Gasteiger partial charge in [-0.1, -0.05) is 5.16 Å². The highest BCUT2D eigenvalue weighted by molar-refractivity contribution is 5.17. The van der Waals surface area contributed by atoms with Gasteiger partial charge in [-0.05, 0) is 26.7 Å². The van der Waals surface area contributed by atoms with Crippen LogP contribution in [-0.4, -0.2) is 14.7 Å². The van der Waals surface area contributed by atoms with Gasteiger partial charge in [0.1, 0.15) is 0 Å². The first-order valence-corrected chi connectivity index (χ1v) is 5.68. The molecule has 2 heterocycles. The molecule has 1 aliphatic rings. The van der Waals surface area contributed by atoms with Crippen molar-refractivity contribution in [2.45, 2.75) is 39.2 Å². The van der Waals surface area contributed by atoms with E-state index in [9.17, 15) is 0 Å². The van der Waals surface area contributed by atoms with Gasteiger partial charge in [-0.15, -0.1) is 0 Å². The molecule has 1 fully saturated rings. The van der Waals surface area contributed by atoms with E-state index >= 15 is 0 Å². The number of aromatic nitrogens is 3. The highest BCUT2D eigenvalue weighted by Gasteiger charge is 2.27. The fourth-order valence-electron chi connectivity index (χ4n) is 1.85. The second-order valence-corrected chi connectivity index (χ2v) is 4.54. The van der Waals surface area contributed by atoms with E-state index in [1.165, 1.54) is 18.5 Å². The van der Waals surface area contributed by atoms with Crippen molar-refractivity contribution in [1.82, 2.24) is 14.7 Å². The van der Waals surface area contributed by atoms with E-state index in [4.69, 9.17) is 4.52 Å². The molecule has 4 nitrogen and oxygen atoms in total. The van der Waals surface area contributed by atoms with Crippen LogP contribution in [0.15, 0.2) is 16.9 Å². The van der Waals surface area contributed by atoms with Gasteiger partial charge in [-0.2, -0.15) is 0 Å². The van der Waals surface area contributed by atoms with Gasteiger partial charge in [-0.3, -0.25) is 0 Å². The minimum Gasteiger partial charge on any atom is -0.359 e. The molecule has 0 saturated heterocycles. The van der Waals surface area contributed by atoms with E-state index in [0.29, 0.717) is 5.92 Å². The van der Waals surface area contributed by atoms with Crippen LogP contribution in [0.5, 0.6) is 0 Å². The summed E-state index contributed by atoms with van der Waals surface area (Å²) >= 11 is 0. The zero-order chi connectivity index (χ0) is 11.1. The van der Waals surface area contributed by atoms with E-state index in [0.717, 1.165) is 23.7 Å². The van der Waals surface area contributed by atoms with E-state index < -0.39 is 0 Å². The van der Waals surface area contributed by atoms with Crippen molar-refractivity contribution in [3.05, 3.63) is 35.2 Å². The molecule has 3 rings (SSSR count). The Hall–Kier alpha value is -1.58. The van der Waals surface area contributed by atoms with Gasteiger partial charge in [0, 0.05) is 17.7 Å². The Morgan fingerprint density at radius 2 is 2.25 bits per heavy atom. The predicted molar refractivity (Wildman–Crippen MR) is 59.3 cm³/mol. The Balaban J connectivity index is 1.80. The minimum absolute atomic E-state index is 0.656.